The molecular formula is C13H24N2O. The molecule has 0 radical (unpaired) electrons. The fourth-order valence-electron chi connectivity index (χ4n) is 1.64. The number of nitrogens with one attached hydrogen (secondary N) is 1. The molecule has 0 aliphatic rings. The van der Waals surface area contributed by atoms with E-state index in [0.29, 0.717) is 0 Å². The number of rotatable bonds is 8. The van der Waals surface area contributed by atoms with Crippen LogP contribution in [-0.4, -0.2) is 24.8 Å². The summed E-state index contributed by atoms with van der Waals surface area (Å²) in [7, 11) is 1.73. The van der Waals surface area contributed by atoms with Crippen LogP contribution in [-0.2, 0) is 17.8 Å². The van der Waals surface area contributed by atoms with Gasteiger partial charge < -0.3 is 14.6 Å². The number of ether oxygens (including phenoxy) is 1. The van der Waals surface area contributed by atoms with E-state index in [-0.39, 0.29) is 0 Å². The molecule has 1 aromatic heterocycles. The third-order valence-corrected chi connectivity index (χ3v) is 2.92. The molecule has 3 nitrogen and oxygen atoms in total. The lowest BCUT2D eigenvalue weighted by Crippen LogP contribution is -2.21. The van der Waals surface area contributed by atoms with Gasteiger partial charge in [0.1, 0.15) is 0 Å². The largest absolute Gasteiger partial charge is 0.383 e. The molecule has 0 fully saturated rings. The third-order valence-electron chi connectivity index (χ3n) is 2.92. The lowest BCUT2D eigenvalue weighted by Gasteiger charge is -2.14. The van der Waals surface area contributed by atoms with Crippen molar-refractivity contribution >= 4 is 0 Å². The van der Waals surface area contributed by atoms with Gasteiger partial charge >= 0.3 is 0 Å². The maximum atomic E-state index is 5.00. The average molecular weight is 224 g/mol. The third kappa shape index (κ3) is 4.37. The fraction of sp³-hybridized carbons (Fsp3) is 0.692. The molecule has 0 aliphatic carbocycles. The van der Waals surface area contributed by atoms with Gasteiger partial charge in [-0.1, -0.05) is 20.3 Å². The van der Waals surface area contributed by atoms with Crippen LogP contribution in [0.5, 0.6) is 0 Å². The van der Waals surface area contributed by atoms with Gasteiger partial charge in [0.2, 0.25) is 0 Å². The fourth-order valence-corrected chi connectivity index (χ4v) is 1.64. The highest BCUT2D eigenvalue weighted by atomic mass is 16.5. The van der Waals surface area contributed by atoms with E-state index in [4.69, 9.17) is 4.74 Å². The second-order valence-corrected chi connectivity index (χ2v) is 4.33. The summed E-state index contributed by atoms with van der Waals surface area (Å²) >= 11 is 0. The topological polar surface area (TPSA) is 26.2 Å². The molecule has 0 saturated heterocycles. The summed E-state index contributed by atoms with van der Waals surface area (Å²) in [6.07, 6.45) is 3.40. The van der Waals surface area contributed by atoms with Crippen molar-refractivity contribution in [1.82, 2.24) is 9.88 Å². The second kappa shape index (κ2) is 7.47. The highest BCUT2D eigenvalue weighted by Gasteiger charge is 2.04. The summed E-state index contributed by atoms with van der Waals surface area (Å²) in [5.41, 5.74) is 1.36. The van der Waals surface area contributed by atoms with E-state index >= 15 is 0 Å². The van der Waals surface area contributed by atoms with Crippen molar-refractivity contribution in [3.8, 4) is 0 Å². The van der Waals surface area contributed by atoms with E-state index in [1.165, 1.54) is 12.1 Å². The van der Waals surface area contributed by atoms with E-state index < -0.39 is 0 Å². The number of hydrogen-bond acceptors (Lipinski definition) is 2. The van der Waals surface area contributed by atoms with Crippen LogP contribution in [0.3, 0.4) is 0 Å². The zero-order valence-electron chi connectivity index (χ0n) is 10.7. The molecule has 1 N–H and O–H groups in total. The van der Waals surface area contributed by atoms with Gasteiger partial charge in [-0.2, -0.15) is 0 Å². The molecule has 1 aromatic rings. The zero-order valence-corrected chi connectivity index (χ0v) is 10.7. The van der Waals surface area contributed by atoms with Crippen LogP contribution in [0.4, 0.5) is 0 Å². The molecule has 0 saturated carbocycles. The molecule has 0 amide bonds. The van der Waals surface area contributed by atoms with Gasteiger partial charge in [0.15, 0.2) is 0 Å². The van der Waals surface area contributed by atoms with E-state index in [1.807, 2.05) is 0 Å². The molecule has 92 valence electrons. The molecule has 3 heteroatoms. The first-order valence-corrected chi connectivity index (χ1v) is 6.11. The minimum atomic E-state index is 0.741. The molecule has 1 atom stereocenters. The Morgan fingerprint density at radius 2 is 2.31 bits per heavy atom. The molecule has 0 spiro atoms. The lowest BCUT2D eigenvalue weighted by atomic mass is 10.1. The maximum Gasteiger partial charge on any atom is 0.0587 e. The van der Waals surface area contributed by atoms with Gasteiger partial charge in [0, 0.05) is 38.6 Å². The molecular weight excluding hydrogens is 200 g/mol. The Morgan fingerprint density at radius 1 is 1.50 bits per heavy atom. The summed E-state index contributed by atoms with van der Waals surface area (Å²) < 4.78 is 7.35. The molecule has 0 aliphatic heterocycles. The Balaban J connectivity index is 2.38. The van der Waals surface area contributed by atoms with Gasteiger partial charge in [-0.25, -0.2) is 0 Å². The minimum Gasteiger partial charge on any atom is -0.383 e. The number of nitrogens with zero attached hydrogens (tertiary/aromatic N) is 1. The van der Waals surface area contributed by atoms with Gasteiger partial charge in [0.25, 0.3) is 0 Å². The Kier molecular flexibility index (Phi) is 6.19. The van der Waals surface area contributed by atoms with Crippen LogP contribution >= 0.6 is 0 Å². The van der Waals surface area contributed by atoms with Gasteiger partial charge in [0.05, 0.1) is 6.61 Å². The van der Waals surface area contributed by atoms with Crippen molar-refractivity contribution in [2.75, 3.05) is 20.3 Å². The minimum absolute atomic E-state index is 0.741. The summed E-state index contributed by atoms with van der Waals surface area (Å²) in [6, 6.07) is 4.30. The van der Waals surface area contributed by atoms with Gasteiger partial charge in [-0.05, 0) is 18.1 Å². The zero-order chi connectivity index (χ0) is 11.8. The number of aromatic nitrogens is 1. The molecule has 1 rings (SSSR count). The van der Waals surface area contributed by atoms with E-state index in [1.54, 1.807) is 7.11 Å². The first kappa shape index (κ1) is 13.3. The highest BCUT2D eigenvalue weighted by Crippen LogP contribution is 2.09. The monoisotopic (exact) mass is 224 g/mol. The van der Waals surface area contributed by atoms with Crippen LogP contribution in [0, 0.1) is 5.92 Å². The van der Waals surface area contributed by atoms with Crippen LogP contribution in [0.25, 0.3) is 0 Å². The van der Waals surface area contributed by atoms with Crippen molar-refractivity contribution in [2.45, 2.75) is 33.4 Å². The predicted molar refractivity (Wildman–Crippen MR) is 67.5 cm³/mol. The smallest absolute Gasteiger partial charge is 0.0587 e. The Labute approximate surface area is 98.8 Å². The van der Waals surface area contributed by atoms with E-state index in [9.17, 15) is 0 Å². The number of hydrogen-bond donors (Lipinski definition) is 1. The molecule has 1 unspecified atom stereocenters. The van der Waals surface area contributed by atoms with Crippen LogP contribution < -0.4 is 5.32 Å². The van der Waals surface area contributed by atoms with E-state index in [0.717, 1.165) is 32.2 Å². The molecule has 16 heavy (non-hydrogen) atoms. The standard InChI is InChI=1S/C13H24N2O/c1-4-12(2)11-15-8-5-6-13(15)10-14-7-9-16-3/h5-6,8,12,14H,4,7,9-11H2,1-3H3. The summed E-state index contributed by atoms with van der Waals surface area (Å²) in [6.45, 7) is 8.25. The average Bonchev–Trinajstić information content (AvgIpc) is 2.72. The summed E-state index contributed by atoms with van der Waals surface area (Å²) in [4.78, 5) is 0. The second-order valence-electron chi connectivity index (χ2n) is 4.33. The van der Waals surface area contributed by atoms with Crippen LogP contribution in [0.1, 0.15) is 26.0 Å². The molecule has 0 aromatic carbocycles. The summed E-state index contributed by atoms with van der Waals surface area (Å²) in [5.74, 6) is 0.741. The lowest BCUT2D eigenvalue weighted by molar-refractivity contribution is 0.199. The molecule has 1 heterocycles. The normalized spacial score (nSPS) is 12.9. The maximum absolute atomic E-state index is 5.00. The van der Waals surface area contributed by atoms with Gasteiger partial charge in [-0.15, -0.1) is 0 Å². The van der Waals surface area contributed by atoms with Crippen molar-refractivity contribution < 1.29 is 4.74 Å². The van der Waals surface area contributed by atoms with Crippen molar-refractivity contribution in [2.24, 2.45) is 5.92 Å². The van der Waals surface area contributed by atoms with Crippen molar-refractivity contribution in [1.29, 1.82) is 0 Å². The first-order valence-electron chi connectivity index (χ1n) is 6.11. The van der Waals surface area contributed by atoms with Crippen molar-refractivity contribution in [3.05, 3.63) is 24.0 Å². The van der Waals surface area contributed by atoms with Crippen LogP contribution in [0.2, 0.25) is 0 Å². The van der Waals surface area contributed by atoms with Crippen molar-refractivity contribution in [3.63, 3.8) is 0 Å². The highest BCUT2D eigenvalue weighted by molar-refractivity contribution is 5.07. The van der Waals surface area contributed by atoms with Gasteiger partial charge in [-0.3, -0.25) is 0 Å². The van der Waals surface area contributed by atoms with Crippen LogP contribution in [0.15, 0.2) is 18.3 Å². The first-order chi connectivity index (χ1) is 7.77. The quantitative estimate of drug-likeness (QED) is 0.686. The SMILES string of the molecule is CCC(C)Cn1cccc1CNCCOC. The Morgan fingerprint density at radius 3 is 3.00 bits per heavy atom. The predicted octanol–water partition coefficient (Wildman–Crippen LogP) is 2.27. The van der Waals surface area contributed by atoms with E-state index in [2.05, 4.69) is 42.1 Å². The Hall–Kier alpha value is -0.800. The summed E-state index contributed by atoms with van der Waals surface area (Å²) in [5, 5.41) is 3.37. The Bertz CT molecular complexity index is 283. The number of methoxy groups -OCH3 is 1. The molecule has 0 bridgehead atoms.